The highest BCUT2D eigenvalue weighted by molar-refractivity contribution is 5.20. The zero-order chi connectivity index (χ0) is 14.2. The minimum atomic E-state index is -0.542. The van der Waals surface area contributed by atoms with Gasteiger partial charge >= 0.3 is 0 Å². The molecule has 2 aromatic rings. The Morgan fingerprint density at radius 2 is 1.95 bits per heavy atom. The molecule has 0 radical (unpaired) electrons. The SMILES string of the molecule is Cc1cccc(CNCC(O)COc2ccccc2)n1. The highest BCUT2D eigenvalue weighted by Crippen LogP contribution is 2.08. The third-order valence-corrected chi connectivity index (χ3v) is 2.82. The molecule has 1 heterocycles. The molecule has 0 aliphatic rings. The van der Waals surface area contributed by atoms with Crippen LogP contribution in [0.3, 0.4) is 0 Å². The highest BCUT2D eigenvalue weighted by Gasteiger charge is 2.05. The summed E-state index contributed by atoms with van der Waals surface area (Å²) in [4.78, 5) is 4.39. The Hall–Kier alpha value is -1.91. The van der Waals surface area contributed by atoms with Gasteiger partial charge in [-0.3, -0.25) is 4.98 Å². The van der Waals surface area contributed by atoms with Crippen LogP contribution in [-0.4, -0.2) is 29.3 Å². The van der Waals surface area contributed by atoms with Crippen LogP contribution in [0, 0.1) is 6.92 Å². The van der Waals surface area contributed by atoms with Gasteiger partial charge in [0.2, 0.25) is 0 Å². The zero-order valence-electron chi connectivity index (χ0n) is 11.6. The molecule has 0 aliphatic carbocycles. The summed E-state index contributed by atoms with van der Waals surface area (Å²) < 4.78 is 5.48. The molecular weight excluding hydrogens is 252 g/mol. The maximum absolute atomic E-state index is 9.84. The van der Waals surface area contributed by atoms with E-state index in [1.807, 2.05) is 55.5 Å². The first kappa shape index (κ1) is 14.5. The maximum Gasteiger partial charge on any atom is 0.119 e. The number of nitrogens with one attached hydrogen (secondary N) is 1. The van der Waals surface area contributed by atoms with Crippen LogP contribution in [0.15, 0.2) is 48.5 Å². The summed E-state index contributed by atoms with van der Waals surface area (Å²) in [6.45, 7) is 3.36. The van der Waals surface area contributed by atoms with Crippen molar-refractivity contribution < 1.29 is 9.84 Å². The smallest absolute Gasteiger partial charge is 0.119 e. The van der Waals surface area contributed by atoms with Crippen LogP contribution in [0.1, 0.15) is 11.4 Å². The van der Waals surface area contributed by atoms with Gasteiger partial charge in [0.05, 0.1) is 5.69 Å². The second-order valence-corrected chi connectivity index (χ2v) is 4.68. The molecule has 1 unspecified atom stereocenters. The van der Waals surface area contributed by atoms with E-state index in [-0.39, 0.29) is 6.61 Å². The number of ether oxygens (including phenoxy) is 1. The Morgan fingerprint density at radius 1 is 1.15 bits per heavy atom. The van der Waals surface area contributed by atoms with Gasteiger partial charge in [0.1, 0.15) is 18.5 Å². The number of para-hydroxylation sites is 1. The maximum atomic E-state index is 9.84. The van der Waals surface area contributed by atoms with Crippen LogP contribution in [0.25, 0.3) is 0 Å². The fraction of sp³-hybridized carbons (Fsp3) is 0.312. The number of pyridine rings is 1. The van der Waals surface area contributed by atoms with Crippen LogP contribution >= 0.6 is 0 Å². The second-order valence-electron chi connectivity index (χ2n) is 4.68. The van der Waals surface area contributed by atoms with Crippen LogP contribution in [0.5, 0.6) is 5.75 Å². The van der Waals surface area contributed by atoms with Gasteiger partial charge in [-0.05, 0) is 31.2 Å². The lowest BCUT2D eigenvalue weighted by Gasteiger charge is -2.13. The lowest BCUT2D eigenvalue weighted by molar-refractivity contribution is 0.106. The minimum absolute atomic E-state index is 0.276. The van der Waals surface area contributed by atoms with Crippen molar-refractivity contribution in [2.45, 2.75) is 19.6 Å². The average molecular weight is 272 g/mol. The van der Waals surface area contributed by atoms with E-state index in [9.17, 15) is 5.11 Å². The third kappa shape index (κ3) is 4.99. The molecule has 0 fully saturated rings. The lowest BCUT2D eigenvalue weighted by Crippen LogP contribution is -2.31. The normalized spacial score (nSPS) is 12.1. The first-order chi connectivity index (χ1) is 9.74. The molecule has 0 amide bonds. The molecular formula is C16H20N2O2. The average Bonchev–Trinajstić information content (AvgIpc) is 2.46. The van der Waals surface area contributed by atoms with Gasteiger partial charge in [-0.25, -0.2) is 0 Å². The summed E-state index contributed by atoms with van der Waals surface area (Å²) in [5, 5.41) is 13.0. The summed E-state index contributed by atoms with van der Waals surface area (Å²) in [6.07, 6.45) is -0.542. The monoisotopic (exact) mass is 272 g/mol. The molecule has 0 saturated carbocycles. The van der Waals surface area contributed by atoms with Crippen molar-refractivity contribution in [3.8, 4) is 5.75 Å². The van der Waals surface area contributed by atoms with Crippen molar-refractivity contribution in [3.05, 3.63) is 59.9 Å². The summed E-state index contributed by atoms with van der Waals surface area (Å²) >= 11 is 0. The largest absolute Gasteiger partial charge is 0.491 e. The third-order valence-electron chi connectivity index (χ3n) is 2.82. The van der Waals surface area contributed by atoms with E-state index in [1.165, 1.54) is 0 Å². The van der Waals surface area contributed by atoms with Gasteiger partial charge in [0.25, 0.3) is 0 Å². The van der Waals surface area contributed by atoms with Gasteiger partial charge in [-0.1, -0.05) is 24.3 Å². The Bertz CT molecular complexity index is 517. The number of benzene rings is 1. The van der Waals surface area contributed by atoms with Gasteiger partial charge in [0, 0.05) is 18.8 Å². The Labute approximate surface area is 119 Å². The Kier molecular flexibility index (Phi) is 5.53. The molecule has 1 aromatic heterocycles. The van der Waals surface area contributed by atoms with E-state index in [4.69, 9.17) is 4.74 Å². The number of aliphatic hydroxyl groups excluding tert-OH is 1. The fourth-order valence-corrected chi connectivity index (χ4v) is 1.83. The molecule has 20 heavy (non-hydrogen) atoms. The van der Waals surface area contributed by atoms with Crippen molar-refractivity contribution in [2.24, 2.45) is 0 Å². The molecule has 0 saturated heterocycles. The summed E-state index contributed by atoms with van der Waals surface area (Å²) in [5.41, 5.74) is 1.97. The fourth-order valence-electron chi connectivity index (χ4n) is 1.83. The van der Waals surface area contributed by atoms with Crippen LogP contribution in [0.2, 0.25) is 0 Å². The summed E-state index contributed by atoms with van der Waals surface area (Å²) in [5.74, 6) is 0.770. The highest BCUT2D eigenvalue weighted by atomic mass is 16.5. The molecule has 0 bridgehead atoms. The van der Waals surface area contributed by atoms with E-state index in [2.05, 4.69) is 10.3 Å². The topological polar surface area (TPSA) is 54.4 Å². The number of hydrogen-bond donors (Lipinski definition) is 2. The van der Waals surface area contributed by atoms with Gasteiger partial charge in [-0.15, -0.1) is 0 Å². The number of aromatic nitrogens is 1. The van der Waals surface area contributed by atoms with Gasteiger partial charge < -0.3 is 15.2 Å². The number of aryl methyl sites for hydroxylation is 1. The second kappa shape index (κ2) is 7.62. The summed E-state index contributed by atoms with van der Waals surface area (Å²) in [7, 11) is 0. The van der Waals surface area contributed by atoms with Crippen molar-refractivity contribution in [1.29, 1.82) is 0 Å². The molecule has 2 rings (SSSR count). The molecule has 2 N–H and O–H groups in total. The molecule has 0 aliphatic heterocycles. The lowest BCUT2D eigenvalue weighted by atomic mass is 10.3. The van der Waals surface area contributed by atoms with Crippen molar-refractivity contribution in [1.82, 2.24) is 10.3 Å². The van der Waals surface area contributed by atoms with Crippen LogP contribution < -0.4 is 10.1 Å². The van der Waals surface area contributed by atoms with E-state index in [1.54, 1.807) is 0 Å². The van der Waals surface area contributed by atoms with Gasteiger partial charge in [0.15, 0.2) is 0 Å². The van der Waals surface area contributed by atoms with Crippen molar-refractivity contribution in [3.63, 3.8) is 0 Å². The molecule has 1 aromatic carbocycles. The van der Waals surface area contributed by atoms with Crippen LogP contribution in [-0.2, 0) is 6.54 Å². The standard InChI is InChI=1S/C16H20N2O2/c1-13-6-5-7-14(18-13)10-17-11-15(19)12-20-16-8-3-2-4-9-16/h2-9,15,17,19H,10-12H2,1H3. The van der Waals surface area contributed by atoms with E-state index >= 15 is 0 Å². The number of nitrogens with zero attached hydrogens (tertiary/aromatic N) is 1. The number of hydrogen-bond acceptors (Lipinski definition) is 4. The molecule has 106 valence electrons. The molecule has 1 atom stereocenters. The first-order valence-electron chi connectivity index (χ1n) is 6.73. The first-order valence-corrected chi connectivity index (χ1v) is 6.73. The molecule has 0 spiro atoms. The predicted octanol–water partition coefficient (Wildman–Crippen LogP) is 1.92. The summed E-state index contributed by atoms with van der Waals surface area (Å²) in [6, 6.07) is 15.4. The van der Waals surface area contributed by atoms with E-state index in [0.29, 0.717) is 13.1 Å². The van der Waals surface area contributed by atoms with Crippen molar-refractivity contribution >= 4 is 0 Å². The van der Waals surface area contributed by atoms with E-state index in [0.717, 1.165) is 17.1 Å². The molecule has 4 heteroatoms. The van der Waals surface area contributed by atoms with E-state index < -0.39 is 6.10 Å². The Morgan fingerprint density at radius 3 is 2.70 bits per heavy atom. The van der Waals surface area contributed by atoms with Gasteiger partial charge in [-0.2, -0.15) is 0 Å². The Balaban J connectivity index is 1.66. The zero-order valence-corrected chi connectivity index (χ0v) is 11.6. The minimum Gasteiger partial charge on any atom is -0.491 e. The van der Waals surface area contributed by atoms with Crippen molar-refractivity contribution in [2.75, 3.05) is 13.2 Å². The number of rotatable bonds is 7. The quantitative estimate of drug-likeness (QED) is 0.808. The predicted molar refractivity (Wildman–Crippen MR) is 78.6 cm³/mol. The van der Waals surface area contributed by atoms with Crippen LogP contribution in [0.4, 0.5) is 0 Å². The number of aliphatic hydroxyl groups is 1. The molecule has 4 nitrogen and oxygen atoms in total.